The lowest BCUT2D eigenvalue weighted by molar-refractivity contribution is 0.320. The van der Waals surface area contributed by atoms with Gasteiger partial charge in [-0.05, 0) is 23.1 Å². The number of hydrogen-bond donors (Lipinski definition) is 1. The summed E-state index contributed by atoms with van der Waals surface area (Å²) in [7, 11) is 0. The molecule has 0 unspecified atom stereocenters. The van der Waals surface area contributed by atoms with Crippen molar-refractivity contribution in [2.45, 2.75) is 0 Å². The number of rotatable bonds is 2. The third kappa shape index (κ3) is 2.99. The molecule has 8 aromatic rings. The molecule has 0 saturated heterocycles. The number of para-hydroxylation sites is 2. The SMILES string of the molecule is O/N=C1\c2ccccc2-c2c1c1c3ccccc3n(-c3nc(-c4ccccc4)c4ccccc4n3)c1c1ccccc21. The summed E-state index contributed by atoms with van der Waals surface area (Å²) in [6.07, 6.45) is 0. The van der Waals surface area contributed by atoms with E-state index >= 15 is 0 Å². The molecule has 196 valence electrons. The Morgan fingerprint density at radius 1 is 0.548 bits per heavy atom. The second-order valence-electron chi connectivity index (χ2n) is 10.6. The molecule has 0 bridgehead atoms. The molecule has 0 aliphatic heterocycles. The van der Waals surface area contributed by atoms with Gasteiger partial charge in [-0.1, -0.05) is 120 Å². The monoisotopic (exact) mass is 538 g/mol. The van der Waals surface area contributed by atoms with E-state index in [2.05, 4.69) is 82.5 Å². The van der Waals surface area contributed by atoms with Crippen molar-refractivity contribution in [3.63, 3.8) is 0 Å². The molecule has 0 fully saturated rings. The molecule has 0 atom stereocenters. The topological polar surface area (TPSA) is 63.3 Å². The van der Waals surface area contributed by atoms with Gasteiger partial charge in [-0.2, -0.15) is 0 Å². The minimum atomic E-state index is 0.587. The Balaban J connectivity index is 1.51. The Morgan fingerprint density at radius 3 is 2.00 bits per heavy atom. The molecule has 1 aliphatic rings. The van der Waals surface area contributed by atoms with Crippen molar-refractivity contribution in [2.24, 2.45) is 5.16 Å². The minimum Gasteiger partial charge on any atom is -0.410 e. The maximum Gasteiger partial charge on any atom is 0.235 e. The number of aromatic nitrogens is 3. The maximum absolute atomic E-state index is 10.4. The molecule has 9 rings (SSSR count). The van der Waals surface area contributed by atoms with Gasteiger partial charge in [0.25, 0.3) is 0 Å². The van der Waals surface area contributed by atoms with Gasteiger partial charge in [0.15, 0.2) is 0 Å². The van der Waals surface area contributed by atoms with Gasteiger partial charge in [0, 0.05) is 43.8 Å². The lowest BCUT2D eigenvalue weighted by Crippen LogP contribution is -2.04. The molecule has 2 aromatic heterocycles. The normalized spacial score (nSPS) is 13.4. The highest BCUT2D eigenvalue weighted by molar-refractivity contribution is 6.38. The van der Waals surface area contributed by atoms with Crippen LogP contribution >= 0.6 is 0 Å². The van der Waals surface area contributed by atoms with Crippen LogP contribution in [-0.4, -0.2) is 25.5 Å². The number of benzene rings is 6. The summed E-state index contributed by atoms with van der Waals surface area (Å²) >= 11 is 0. The third-order valence-corrected chi connectivity index (χ3v) is 8.45. The van der Waals surface area contributed by atoms with Crippen LogP contribution in [0.5, 0.6) is 0 Å². The zero-order chi connectivity index (χ0) is 27.8. The zero-order valence-corrected chi connectivity index (χ0v) is 22.4. The quantitative estimate of drug-likeness (QED) is 0.177. The second kappa shape index (κ2) is 8.59. The van der Waals surface area contributed by atoms with Crippen molar-refractivity contribution in [3.05, 3.63) is 139 Å². The number of nitrogens with zero attached hydrogens (tertiary/aromatic N) is 4. The first-order chi connectivity index (χ1) is 20.8. The fourth-order valence-electron chi connectivity index (χ4n) is 6.77. The van der Waals surface area contributed by atoms with E-state index in [4.69, 9.17) is 9.97 Å². The Kier molecular flexibility index (Phi) is 4.70. The fourth-order valence-corrected chi connectivity index (χ4v) is 6.77. The van der Waals surface area contributed by atoms with Crippen molar-refractivity contribution >= 4 is 49.2 Å². The van der Waals surface area contributed by atoms with E-state index in [1.807, 2.05) is 54.6 Å². The van der Waals surface area contributed by atoms with Gasteiger partial charge in [0.05, 0.1) is 22.2 Å². The van der Waals surface area contributed by atoms with Gasteiger partial charge in [-0.3, -0.25) is 4.57 Å². The van der Waals surface area contributed by atoms with E-state index in [0.717, 1.165) is 77.0 Å². The van der Waals surface area contributed by atoms with Crippen LogP contribution in [0, 0.1) is 0 Å². The molecular formula is C37H22N4O. The van der Waals surface area contributed by atoms with Gasteiger partial charge >= 0.3 is 0 Å². The van der Waals surface area contributed by atoms with Gasteiger partial charge in [0.1, 0.15) is 5.71 Å². The van der Waals surface area contributed by atoms with Crippen molar-refractivity contribution in [1.82, 2.24) is 14.5 Å². The highest BCUT2D eigenvalue weighted by Gasteiger charge is 2.33. The number of hydrogen-bond acceptors (Lipinski definition) is 4. The van der Waals surface area contributed by atoms with E-state index in [-0.39, 0.29) is 0 Å². The average Bonchev–Trinajstić information content (AvgIpc) is 3.58. The Hall–Kier alpha value is -5.81. The van der Waals surface area contributed by atoms with Crippen LogP contribution in [0.25, 0.3) is 71.8 Å². The van der Waals surface area contributed by atoms with Crippen LogP contribution in [-0.2, 0) is 0 Å². The van der Waals surface area contributed by atoms with Crippen molar-refractivity contribution in [1.29, 1.82) is 0 Å². The van der Waals surface area contributed by atoms with E-state index in [1.54, 1.807) is 0 Å². The lowest BCUT2D eigenvalue weighted by atomic mass is 9.93. The maximum atomic E-state index is 10.4. The van der Waals surface area contributed by atoms with Crippen LogP contribution < -0.4 is 0 Å². The van der Waals surface area contributed by atoms with Crippen LogP contribution in [0.2, 0.25) is 0 Å². The molecule has 0 amide bonds. The van der Waals surface area contributed by atoms with Crippen molar-refractivity contribution < 1.29 is 5.21 Å². The molecule has 6 aromatic carbocycles. The van der Waals surface area contributed by atoms with Crippen LogP contribution in [0.3, 0.4) is 0 Å². The van der Waals surface area contributed by atoms with Crippen molar-refractivity contribution in [2.75, 3.05) is 0 Å². The molecule has 0 spiro atoms. The van der Waals surface area contributed by atoms with Gasteiger partial charge < -0.3 is 5.21 Å². The van der Waals surface area contributed by atoms with Crippen molar-refractivity contribution in [3.8, 4) is 28.3 Å². The molecule has 1 N–H and O–H groups in total. The Morgan fingerprint density at radius 2 is 1.19 bits per heavy atom. The van der Waals surface area contributed by atoms with E-state index in [1.165, 1.54) is 0 Å². The highest BCUT2D eigenvalue weighted by atomic mass is 16.4. The largest absolute Gasteiger partial charge is 0.410 e. The fraction of sp³-hybridized carbons (Fsp3) is 0. The summed E-state index contributed by atoms with van der Waals surface area (Å²) < 4.78 is 2.18. The third-order valence-electron chi connectivity index (χ3n) is 8.45. The highest BCUT2D eigenvalue weighted by Crippen LogP contribution is 2.49. The first-order valence-corrected chi connectivity index (χ1v) is 14.0. The molecule has 42 heavy (non-hydrogen) atoms. The second-order valence-corrected chi connectivity index (χ2v) is 10.6. The summed E-state index contributed by atoms with van der Waals surface area (Å²) in [5.41, 5.74) is 9.40. The van der Waals surface area contributed by atoms with Gasteiger partial charge in [0.2, 0.25) is 5.95 Å². The Bertz CT molecular complexity index is 2420. The van der Waals surface area contributed by atoms with E-state index in [9.17, 15) is 5.21 Å². The van der Waals surface area contributed by atoms with Gasteiger partial charge in [-0.25, -0.2) is 9.97 Å². The molecule has 5 heteroatoms. The minimum absolute atomic E-state index is 0.587. The predicted octanol–water partition coefficient (Wildman–Crippen LogP) is 8.75. The first kappa shape index (κ1) is 22.9. The standard InChI is InChI=1S/C37H22N4O/c42-40-35-25-16-6-4-14-23(25)31-24-15-5-7-17-26(24)36-32(33(31)35)28-19-9-11-21-30(28)41(36)37-38-29-20-10-8-18-27(29)34(39-37)22-12-2-1-3-13-22/h1-21,42H/b40-35+. The summed E-state index contributed by atoms with van der Waals surface area (Å²) in [5.74, 6) is 0.599. The smallest absolute Gasteiger partial charge is 0.235 e. The number of oxime groups is 1. The summed E-state index contributed by atoms with van der Waals surface area (Å²) in [5, 5.41) is 19.6. The van der Waals surface area contributed by atoms with Crippen LogP contribution in [0.15, 0.2) is 133 Å². The van der Waals surface area contributed by atoms with E-state index < -0.39 is 0 Å². The van der Waals surface area contributed by atoms with Crippen LogP contribution in [0.4, 0.5) is 0 Å². The average molecular weight is 539 g/mol. The number of fused-ring (bicyclic) bond motifs is 11. The van der Waals surface area contributed by atoms with Gasteiger partial charge in [-0.15, -0.1) is 0 Å². The summed E-state index contributed by atoms with van der Waals surface area (Å²) in [4.78, 5) is 10.4. The summed E-state index contributed by atoms with van der Waals surface area (Å²) in [6.45, 7) is 0. The zero-order valence-electron chi connectivity index (χ0n) is 22.4. The molecule has 5 nitrogen and oxygen atoms in total. The molecule has 0 radical (unpaired) electrons. The Labute approximate surface area is 240 Å². The molecule has 0 saturated carbocycles. The predicted molar refractivity (Wildman–Crippen MR) is 170 cm³/mol. The van der Waals surface area contributed by atoms with Crippen LogP contribution in [0.1, 0.15) is 11.1 Å². The molecule has 2 heterocycles. The lowest BCUT2D eigenvalue weighted by Gasteiger charge is -2.14. The van der Waals surface area contributed by atoms with E-state index in [0.29, 0.717) is 11.7 Å². The molecular weight excluding hydrogens is 516 g/mol. The first-order valence-electron chi connectivity index (χ1n) is 14.0. The molecule has 1 aliphatic carbocycles. The summed E-state index contributed by atoms with van der Waals surface area (Å²) in [6, 6.07) is 43.5.